The fraction of sp³-hybridized carbons (Fsp3) is 0.125. The summed E-state index contributed by atoms with van der Waals surface area (Å²) in [5.74, 6) is -1.06. The van der Waals surface area contributed by atoms with E-state index >= 15 is 0 Å². The molecule has 0 spiro atoms. The van der Waals surface area contributed by atoms with Crippen molar-refractivity contribution in [3.8, 4) is 11.5 Å². The zero-order valence-electron chi connectivity index (χ0n) is 11.9. The van der Waals surface area contributed by atoms with Crippen LogP contribution in [-0.4, -0.2) is 23.7 Å². The van der Waals surface area contributed by atoms with E-state index in [1.165, 1.54) is 18.2 Å². The summed E-state index contributed by atoms with van der Waals surface area (Å²) in [5, 5.41) is 9.13. The maximum atomic E-state index is 11.9. The lowest BCUT2D eigenvalue weighted by Crippen LogP contribution is -2.11. The van der Waals surface area contributed by atoms with Crippen molar-refractivity contribution in [2.45, 2.75) is 6.92 Å². The number of hydrogen-bond acceptors (Lipinski definition) is 5. The van der Waals surface area contributed by atoms with Gasteiger partial charge in [0, 0.05) is 5.69 Å². The van der Waals surface area contributed by atoms with Crippen molar-refractivity contribution in [1.82, 2.24) is 0 Å². The van der Waals surface area contributed by atoms with E-state index in [1.807, 2.05) is 0 Å². The van der Waals surface area contributed by atoms with Gasteiger partial charge >= 0.3 is 11.9 Å². The van der Waals surface area contributed by atoms with E-state index in [4.69, 9.17) is 20.3 Å². The molecule has 0 unspecified atom stereocenters. The number of carboxylic acids is 1. The quantitative estimate of drug-likeness (QED) is 0.650. The Hall–Kier alpha value is -3.02. The predicted octanol–water partition coefficient (Wildman–Crippen LogP) is 2.94. The first-order chi connectivity index (χ1) is 10.5. The molecule has 0 saturated heterocycles. The summed E-state index contributed by atoms with van der Waals surface area (Å²) in [6, 6.07) is 10.8. The second-order valence-electron chi connectivity index (χ2n) is 4.40. The van der Waals surface area contributed by atoms with E-state index in [1.54, 1.807) is 31.2 Å². The molecule has 0 aliphatic carbocycles. The van der Waals surface area contributed by atoms with Crippen LogP contribution in [-0.2, 0) is 4.74 Å². The third-order valence-corrected chi connectivity index (χ3v) is 2.83. The molecule has 0 radical (unpaired) electrons. The number of rotatable bonds is 5. The molecule has 3 N–H and O–H groups in total. The summed E-state index contributed by atoms with van der Waals surface area (Å²) in [6.45, 7) is 1.80. The van der Waals surface area contributed by atoms with Gasteiger partial charge in [-0.25, -0.2) is 9.59 Å². The molecule has 0 aliphatic heterocycles. The van der Waals surface area contributed by atoms with Crippen LogP contribution in [0.25, 0.3) is 0 Å². The molecule has 0 aromatic heterocycles. The number of aromatic carboxylic acids is 1. The number of benzene rings is 2. The van der Waals surface area contributed by atoms with Crippen LogP contribution in [0.3, 0.4) is 0 Å². The fourth-order valence-electron chi connectivity index (χ4n) is 1.82. The Balaban J connectivity index is 2.33. The Bertz CT molecular complexity index is 694. The second kappa shape index (κ2) is 6.62. The van der Waals surface area contributed by atoms with Crippen molar-refractivity contribution in [3.05, 3.63) is 53.6 Å². The molecule has 0 amide bonds. The minimum Gasteiger partial charge on any atom is -0.478 e. The van der Waals surface area contributed by atoms with Crippen LogP contribution in [0.5, 0.6) is 11.5 Å². The van der Waals surface area contributed by atoms with Gasteiger partial charge in [0.2, 0.25) is 0 Å². The van der Waals surface area contributed by atoms with E-state index in [-0.39, 0.29) is 17.7 Å². The van der Waals surface area contributed by atoms with Gasteiger partial charge in [-0.1, -0.05) is 0 Å². The average molecular weight is 301 g/mol. The van der Waals surface area contributed by atoms with Crippen LogP contribution >= 0.6 is 0 Å². The highest BCUT2D eigenvalue weighted by atomic mass is 16.5. The molecule has 0 aliphatic rings. The summed E-state index contributed by atoms with van der Waals surface area (Å²) in [6.07, 6.45) is 0. The van der Waals surface area contributed by atoms with Crippen molar-refractivity contribution in [3.63, 3.8) is 0 Å². The molecular weight excluding hydrogens is 286 g/mol. The summed E-state index contributed by atoms with van der Waals surface area (Å²) in [4.78, 5) is 23.0. The number of anilines is 1. The molecule has 2 aromatic rings. The van der Waals surface area contributed by atoms with E-state index in [0.717, 1.165) is 0 Å². The zero-order chi connectivity index (χ0) is 16.1. The first kappa shape index (κ1) is 15.4. The SMILES string of the molecule is CCOC(=O)c1cc(Oc2ccc(N)cc2)ccc1C(=O)O. The number of esters is 1. The molecular formula is C16H15NO5. The van der Waals surface area contributed by atoms with Crippen molar-refractivity contribution < 1.29 is 24.2 Å². The number of hydrogen-bond donors (Lipinski definition) is 2. The number of nitrogens with two attached hydrogens (primary N) is 1. The van der Waals surface area contributed by atoms with E-state index in [9.17, 15) is 9.59 Å². The molecule has 0 atom stereocenters. The number of carboxylic acid groups (broad SMARTS) is 1. The summed E-state index contributed by atoms with van der Waals surface area (Å²) in [7, 11) is 0. The fourth-order valence-corrected chi connectivity index (χ4v) is 1.82. The van der Waals surface area contributed by atoms with Gasteiger partial charge in [0.1, 0.15) is 11.5 Å². The maximum Gasteiger partial charge on any atom is 0.339 e. The molecule has 6 nitrogen and oxygen atoms in total. The van der Waals surface area contributed by atoms with E-state index < -0.39 is 11.9 Å². The number of carbonyl (C=O) groups excluding carboxylic acids is 1. The normalized spacial score (nSPS) is 10.0. The van der Waals surface area contributed by atoms with Gasteiger partial charge in [-0.2, -0.15) is 0 Å². The largest absolute Gasteiger partial charge is 0.478 e. The summed E-state index contributed by atoms with van der Waals surface area (Å²) >= 11 is 0. The van der Waals surface area contributed by atoms with Gasteiger partial charge in [0.25, 0.3) is 0 Å². The van der Waals surface area contributed by atoms with Crippen LogP contribution in [0.4, 0.5) is 5.69 Å². The van der Waals surface area contributed by atoms with Gasteiger partial charge in [0.15, 0.2) is 0 Å². The highest BCUT2D eigenvalue weighted by molar-refractivity contribution is 6.02. The monoisotopic (exact) mass is 301 g/mol. The van der Waals surface area contributed by atoms with E-state index in [2.05, 4.69) is 0 Å². The molecule has 0 bridgehead atoms. The Kier molecular flexibility index (Phi) is 4.63. The van der Waals surface area contributed by atoms with Crippen LogP contribution in [0.15, 0.2) is 42.5 Å². The molecule has 0 saturated carbocycles. The lowest BCUT2D eigenvalue weighted by molar-refractivity contribution is 0.0514. The molecule has 6 heteroatoms. The maximum absolute atomic E-state index is 11.9. The topological polar surface area (TPSA) is 98.9 Å². The summed E-state index contributed by atoms with van der Waals surface area (Å²) in [5.41, 5.74) is 6.00. The molecule has 2 aromatic carbocycles. The van der Waals surface area contributed by atoms with Gasteiger partial charge in [-0.15, -0.1) is 0 Å². The number of nitrogen functional groups attached to an aromatic ring is 1. The first-order valence-corrected chi connectivity index (χ1v) is 6.59. The number of carbonyl (C=O) groups is 2. The number of ether oxygens (including phenoxy) is 2. The lowest BCUT2D eigenvalue weighted by atomic mass is 10.1. The van der Waals surface area contributed by atoms with Gasteiger partial charge in [-0.3, -0.25) is 0 Å². The molecule has 0 fully saturated rings. The van der Waals surface area contributed by atoms with Crippen LogP contribution < -0.4 is 10.5 Å². The van der Waals surface area contributed by atoms with Crippen LogP contribution in [0.2, 0.25) is 0 Å². The van der Waals surface area contributed by atoms with Crippen LogP contribution in [0, 0.1) is 0 Å². The average Bonchev–Trinajstić information content (AvgIpc) is 2.49. The van der Waals surface area contributed by atoms with E-state index in [0.29, 0.717) is 17.2 Å². The van der Waals surface area contributed by atoms with Crippen molar-refractivity contribution in [2.24, 2.45) is 0 Å². The van der Waals surface area contributed by atoms with Crippen molar-refractivity contribution >= 4 is 17.6 Å². The molecule has 2 rings (SSSR count). The van der Waals surface area contributed by atoms with Gasteiger partial charge in [-0.05, 0) is 49.4 Å². The minimum atomic E-state index is -1.21. The summed E-state index contributed by atoms with van der Waals surface area (Å²) < 4.78 is 10.4. The van der Waals surface area contributed by atoms with Gasteiger partial charge in [0.05, 0.1) is 17.7 Å². The standard InChI is InChI=1S/C16H15NO5/c1-2-21-16(20)14-9-12(7-8-13(14)15(18)19)22-11-5-3-10(17)4-6-11/h3-9H,2,17H2,1H3,(H,18,19). The van der Waals surface area contributed by atoms with Crippen molar-refractivity contribution in [1.29, 1.82) is 0 Å². The smallest absolute Gasteiger partial charge is 0.339 e. The third kappa shape index (κ3) is 3.54. The molecule has 114 valence electrons. The highest BCUT2D eigenvalue weighted by Crippen LogP contribution is 2.25. The zero-order valence-corrected chi connectivity index (χ0v) is 11.9. The Morgan fingerprint density at radius 1 is 1.05 bits per heavy atom. The second-order valence-corrected chi connectivity index (χ2v) is 4.40. The highest BCUT2D eigenvalue weighted by Gasteiger charge is 2.18. The van der Waals surface area contributed by atoms with Crippen molar-refractivity contribution in [2.75, 3.05) is 12.3 Å². The van der Waals surface area contributed by atoms with Crippen LogP contribution in [0.1, 0.15) is 27.6 Å². The third-order valence-electron chi connectivity index (χ3n) is 2.83. The minimum absolute atomic E-state index is 0.0534. The Morgan fingerprint density at radius 3 is 2.27 bits per heavy atom. The molecule has 22 heavy (non-hydrogen) atoms. The lowest BCUT2D eigenvalue weighted by Gasteiger charge is -2.10. The van der Waals surface area contributed by atoms with Gasteiger partial charge < -0.3 is 20.3 Å². The molecule has 0 heterocycles. The first-order valence-electron chi connectivity index (χ1n) is 6.59. The Labute approximate surface area is 127 Å². The predicted molar refractivity (Wildman–Crippen MR) is 80.3 cm³/mol. The Morgan fingerprint density at radius 2 is 1.68 bits per heavy atom.